The molecule has 1 aliphatic heterocycles. The Morgan fingerprint density at radius 2 is 1.74 bits per heavy atom. The molecular formula is C18H14O3S2. The van der Waals surface area contributed by atoms with Gasteiger partial charge in [-0.15, -0.1) is 23.5 Å². The van der Waals surface area contributed by atoms with Crippen LogP contribution in [0.4, 0.5) is 0 Å². The van der Waals surface area contributed by atoms with Crippen LogP contribution in [0.5, 0.6) is 0 Å². The number of carbonyl (C=O) groups excluding carboxylic acids is 2. The molecule has 1 aromatic heterocycles. The van der Waals surface area contributed by atoms with Gasteiger partial charge >= 0.3 is 0 Å². The molecule has 0 unspecified atom stereocenters. The van der Waals surface area contributed by atoms with Gasteiger partial charge in [-0.2, -0.15) is 0 Å². The molecule has 0 radical (unpaired) electrons. The van der Waals surface area contributed by atoms with E-state index in [4.69, 9.17) is 4.42 Å². The SMILES string of the molecule is O=C(C=Cc1ccco1)C(C(=O)c1ccccc1)=C1SCCS1. The zero-order valence-corrected chi connectivity index (χ0v) is 13.9. The molecule has 0 N–H and O–H groups in total. The van der Waals surface area contributed by atoms with Crippen molar-refractivity contribution >= 4 is 41.2 Å². The molecule has 0 amide bonds. The van der Waals surface area contributed by atoms with Crippen molar-refractivity contribution in [2.45, 2.75) is 0 Å². The molecule has 5 heteroatoms. The summed E-state index contributed by atoms with van der Waals surface area (Å²) in [7, 11) is 0. The molecule has 1 aliphatic rings. The van der Waals surface area contributed by atoms with Crippen LogP contribution in [-0.2, 0) is 4.79 Å². The van der Waals surface area contributed by atoms with Gasteiger partial charge in [0.1, 0.15) is 5.76 Å². The maximum absolute atomic E-state index is 12.8. The number of hydrogen-bond donors (Lipinski definition) is 0. The number of benzene rings is 1. The van der Waals surface area contributed by atoms with Gasteiger partial charge in [0.2, 0.25) is 0 Å². The number of Topliss-reactive ketones (excluding diaryl/α,β-unsaturated/α-hetero) is 1. The van der Waals surface area contributed by atoms with Gasteiger partial charge in [-0.05, 0) is 24.3 Å². The number of thioether (sulfide) groups is 2. The van der Waals surface area contributed by atoms with E-state index in [2.05, 4.69) is 0 Å². The Labute approximate surface area is 142 Å². The molecule has 0 spiro atoms. The number of rotatable bonds is 5. The van der Waals surface area contributed by atoms with Crippen molar-refractivity contribution in [2.24, 2.45) is 0 Å². The number of hydrogen-bond acceptors (Lipinski definition) is 5. The minimum atomic E-state index is -0.285. The van der Waals surface area contributed by atoms with Gasteiger partial charge in [-0.3, -0.25) is 9.59 Å². The maximum atomic E-state index is 12.8. The smallest absolute Gasteiger partial charge is 0.198 e. The fraction of sp³-hybridized carbons (Fsp3) is 0.111. The molecule has 3 nitrogen and oxygen atoms in total. The average molecular weight is 342 g/mol. The molecule has 2 heterocycles. The Morgan fingerprint density at radius 3 is 2.39 bits per heavy atom. The van der Waals surface area contributed by atoms with E-state index in [9.17, 15) is 9.59 Å². The average Bonchev–Trinajstić information content (AvgIpc) is 3.28. The number of allylic oxidation sites excluding steroid dienone is 2. The first kappa shape index (κ1) is 15.9. The van der Waals surface area contributed by atoms with Crippen LogP contribution in [0, 0.1) is 0 Å². The van der Waals surface area contributed by atoms with Crippen LogP contribution in [-0.4, -0.2) is 23.1 Å². The largest absolute Gasteiger partial charge is 0.465 e. The van der Waals surface area contributed by atoms with E-state index in [1.807, 2.05) is 6.07 Å². The Bertz CT molecular complexity index is 751. The van der Waals surface area contributed by atoms with Crippen molar-refractivity contribution in [1.82, 2.24) is 0 Å². The first-order chi connectivity index (χ1) is 11.3. The lowest BCUT2D eigenvalue weighted by molar-refractivity contribution is -0.111. The highest BCUT2D eigenvalue weighted by molar-refractivity contribution is 8.25. The molecule has 3 rings (SSSR count). The summed E-state index contributed by atoms with van der Waals surface area (Å²) >= 11 is 3.14. The summed E-state index contributed by atoms with van der Waals surface area (Å²) in [4.78, 5) is 25.4. The quantitative estimate of drug-likeness (QED) is 0.348. The van der Waals surface area contributed by atoms with Crippen molar-refractivity contribution in [2.75, 3.05) is 11.5 Å². The minimum absolute atomic E-state index is 0.225. The van der Waals surface area contributed by atoms with Crippen LogP contribution in [0.15, 0.2) is 69.0 Å². The van der Waals surface area contributed by atoms with Crippen LogP contribution >= 0.6 is 23.5 Å². The molecule has 23 heavy (non-hydrogen) atoms. The van der Waals surface area contributed by atoms with Crippen LogP contribution < -0.4 is 0 Å². The van der Waals surface area contributed by atoms with Gasteiger partial charge in [-0.1, -0.05) is 30.3 Å². The molecule has 1 fully saturated rings. The molecule has 0 atom stereocenters. The van der Waals surface area contributed by atoms with Crippen molar-refractivity contribution in [1.29, 1.82) is 0 Å². The molecule has 1 aromatic carbocycles. The highest BCUT2D eigenvalue weighted by Crippen LogP contribution is 2.39. The van der Waals surface area contributed by atoms with E-state index in [1.165, 1.54) is 6.08 Å². The van der Waals surface area contributed by atoms with Gasteiger partial charge in [0, 0.05) is 17.1 Å². The van der Waals surface area contributed by atoms with E-state index in [-0.39, 0.29) is 17.1 Å². The number of ketones is 2. The predicted molar refractivity (Wildman–Crippen MR) is 95.5 cm³/mol. The van der Waals surface area contributed by atoms with E-state index >= 15 is 0 Å². The summed E-state index contributed by atoms with van der Waals surface area (Å²) in [6.45, 7) is 0. The van der Waals surface area contributed by atoms with Crippen molar-refractivity contribution in [3.05, 3.63) is 75.9 Å². The fourth-order valence-electron chi connectivity index (χ4n) is 2.12. The summed E-state index contributed by atoms with van der Waals surface area (Å²) in [6.07, 6.45) is 4.54. The second-order valence-corrected chi connectivity index (χ2v) is 7.24. The Morgan fingerprint density at radius 1 is 1.00 bits per heavy atom. The summed E-state index contributed by atoms with van der Waals surface area (Å²) in [5.41, 5.74) is 0.786. The third kappa shape index (κ3) is 3.86. The number of furan rings is 1. The standard InChI is InChI=1S/C18H14O3S2/c19-15(9-8-14-7-4-10-21-14)16(18-22-11-12-23-18)17(20)13-5-2-1-3-6-13/h1-10H,11-12H2. The first-order valence-corrected chi connectivity index (χ1v) is 9.08. The summed E-state index contributed by atoms with van der Waals surface area (Å²) < 4.78 is 6.00. The minimum Gasteiger partial charge on any atom is -0.465 e. The predicted octanol–water partition coefficient (Wildman–Crippen LogP) is 4.44. The van der Waals surface area contributed by atoms with Crippen LogP contribution in [0.25, 0.3) is 6.08 Å². The first-order valence-electron chi connectivity index (χ1n) is 7.11. The topological polar surface area (TPSA) is 47.3 Å². The summed E-state index contributed by atoms with van der Waals surface area (Å²) in [6, 6.07) is 12.4. The van der Waals surface area contributed by atoms with Crippen LogP contribution in [0.3, 0.4) is 0 Å². The zero-order chi connectivity index (χ0) is 16.1. The van der Waals surface area contributed by atoms with E-state index < -0.39 is 0 Å². The van der Waals surface area contributed by atoms with Gasteiger partial charge in [0.05, 0.1) is 16.1 Å². The van der Waals surface area contributed by atoms with Crippen molar-refractivity contribution < 1.29 is 14.0 Å². The Hall–Kier alpha value is -1.98. The molecule has 116 valence electrons. The third-order valence-corrected chi connectivity index (χ3v) is 5.92. The lowest BCUT2D eigenvalue weighted by Crippen LogP contribution is -2.12. The molecule has 0 bridgehead atoms. The zero-order valence-electron chi connectivity index (χ0n) is 12.2. The van der Waals surface area contributed by atoms with Gasteiger partial charge in [0.15, 0.2) is 11.6 Å². The highest BCUT2D eigenvalue weighted by Gasteiger charge is 2.25. The molecular weight excluding hydrogens is 328 g/mol. The highest BCUT2D eigenvalue weighted by atomic mass is 32.2. The fourth-order valence-corrected chi connectivity index (χ4v) is 4.67. The Balaban J connectivity index is 1.92. The van der Waals surface area contributed by atoms with Crippen molar-refractivity contribution in [3.63, 3.8) is 0 Å². The second-order valence-electron chi connectivity index (χ2n) is 4.77. The normalized spacial score (nSPS) is 14.3. The lowest BCUT2D eigenvalue weighted by Gasteiger charge is -2.06. The Kier molecular flexibility index (Phi) is 5.20. The molecule has 1 saturated heterocycles. The molecule has 2 aromatic rings. The van der Waals surface area contributed by atoms with E-state index in [0.717, 1.165) is 15.7 Å². The van der Waals surface area contributed by atoms with Gasteiger partial charge < -0.3 is 4.42 Å². The lowest BCUT2D eigenvalue weighted by atomic mass is 10.0. The van der Waals surface area contributed by atoms with Crippen LogP contribution in [0.2, 0.25) is 0 Å². The van der Waals surface area contributed by atoms with Gasteiger partial charge in [-0.25, -0.2) is 0 Å². The van der Waals surface area contributed by atoms with E-state index in [1.54, 1.807) is 72.3 Å². The number of carbonyl (C=O) groups is 2. The maximum Gasteiger partial charge on any atom is 0.198 e. The second kappa shape index (κ2) is 7.53. The monoisotopic (exact) mass is 342 g/mol. The summed E-state index contributed by atoms with van der Waals surface area (Å²) in [5, 5.41) is 0. The summed E-state index contributed by atoms with van der Waals surface area (Å²) in [5.74, 6) is 1.91. The van der Waals surface area contributed by atoms with Crippen LogP contribution in [0.1, 0.15) is 16.1 Å². The van der Waals surface area contributed by atoms with E-state index in [0.29, 0.717) is 11.3 Å². The van der Waals surface area contributed by atoms with Crippen molar-refractivity contribution in [3.8, 4) is 0 Å². The van der Waals surface area contributed by atoms with Gasteiger partial charge in [0.25, 0.3) is 0 Å². The molecule has 0 saturated carbocycles. The molecule has 0 aliphatic carbocycles. The third-order valence-electron chi connectivity index (χ3n) is 3.21.